The molecule has 0 aliphatic heterocycles. The maximum atomic E-state index is 11.5. The van der Waals surface area contributed by atoms with Crippen molar-refractivity contribution in [3.63, 3.8) is 0 Å². The molecule has 0 aliphatic carbocycles. The molecule has 1 unspecified atom stereocenters. The molecule has 3 aromatic rings. The number of carbonyl (C=O) groups excluding carboxylic acids is 1. The average Bonchev–Trinajstić information content (AvgIpc) is 2.80. The zero-order valence-electron chi connectivity index (χ0n) is 19.6. The van der Waals surface area contributed by atoms with Crippen molar-refractivity contribution in [2.24, 2.45) is 11.7 Å². The lowest BCUT2D eigenvalue weighted by atomic mass is 9.93. The minimum atomic E-state index is -0.796. The summed E-state index contributed by atoms with van der Waals surface area (Å²) in [7, 11) is 0. The van der Waals surface area contributed by atoms with Crippen molar-refractivity contribution in [3.8, 4) is 17.0 Å². The number of hydrogen-bond acceptors (Lipinski definition) is 5. The Balaban J connectivity index is 2.02. The lowest BCUT2D eigenvalue weighted by molar-refractivity contribution is -0.0230. The van der Waals surface area contributed by atoms with E-state index in [0.717, 1.165) is 27.9 Å². The zero-order chi connectivity index (χ0) is 23.8. The first-order valence-electron chi connectivity index (χ1n) is 11.4. The quantitative estimate of drug-likeness (QED) is 0.410. The SMILES string of the molecule is CCC(OC(N)=O)N(Cc1ccc(-c2ccccn2)c(Cc2ccccc2)c1O)CC(C)C. The molecular weight excluding hydrogens is 414 g/mol. The molecule has 6 nitrogen and oxygen atoms in total. The summed E-state index contributed by atoms with van der Waals surface area (Å²) >= 11 is 0. The summed E-state index contributed by atoms with van der Waals surface area (Å²) in [6, 6.07) is 19.8. The van der Waals surface area contributed by atoms with Crippen LogP contribution in [-0.4, -0.2) is 33.9 Å². The minimum Gasteiger partial charge on any atom is -0.507 e. The third-order valence-electron chi connectivity index (χ3n) is 5.51. The number of ether oxygens (including phenoxy) is 1. The second-order valence-electron chi connectivity index (χ2n) is 8.60. The zero-order valence-corrected chi connectivity index (χ0v) is 19.6. The topological polar surface area (TPSA) is 88.7 Å². The molecule has 174 valence electrons. The second kappa shape index (κ2) is 11.5. The molecule has 33 heavy (non-hydrogen) atoms. The van der Waals surface area contributed by atoms with Gasteiger partial charge in [0, 0.05) is 42.4 Å². The van der Waals surface area contributed by atoms with Crippen LogP contribution in [0.15, 0.2) is 66.9 Å². The van der Waals surface area contributed by atoms with Crippen molar-refractivity contribution in [1.29, 1.82) is 0 Å². The molecule has 1 aromatic heterocycles. The normalized spacial score (nSPS) is 12.2. The van der Waals surface area contributed by atoms with E-state index in [4.69, 9.17) is 10.5 Å². The number of benzene rings is 2. The Bertz CT molecular complexity index is 1040. The molecule has 6 heteroatoms. The Hall–Kier alpha value is -3.38. The molecule has 1 heterocycles. The van der Waals surface area contributed by atoms with Crippen LogP contribution in [0.2, 0.25) is 0 Å². The third-order valence-corrected chi connectivity index (χ3v) is 5.51. The van der Waals surface area contributed by atoms with Gasteiger partial charge in [-0.05, 0) is 30.0 Å². The second-order valence-corrected chi connectivity index (χ2v) is 8.60. The van der Waals surface area contributed by atoms with E-state index in [1.165, 1.54) is 0 Å². The fraction of sp³-hybridized carbons (Fsp3) is 0.333. The van der Waals surface area contributed by atoms with Gasteiger partial charge in [-0.2, -0.15) is 0 Å². The van der Waals surface area contributed by atoms with Gasteiger partial charge in [-0.1, -0.05) is 69.3 Å². The Labute approximate surface area is 196 Å². The number of phenolic OH excluding ortho intramolecular Hbond substituents is 1. The van der Waals surface area contributed by atoms with Gasteiger partial charge in [0.15, 0.2) is 6.23 Å². The fourth-order valence-electron chi connectivity index (χ4n) is 4.08. The van der Waals surface area contributed by atoms with E-state index < -0.39 is 12.3 Å². The van der Waals surface area contributed by atoms with E-state index >= 15 is 0 Å². The van der Waals surface area contributed by atoms with E-state index in [1.54, 1.807) is 6.20 Å². The van der Waals surface area contributed by atoms with E-state index in [1.807, 2.05) is 67.6 Å². The van der Waals surface area contributed by atoms with E-state index in [-0.39, 0.29) is 5.75 Å². The van der Waals surface area contributed by atoms with E-state index in [2.05, 4.69) is 23.7 Å². The van der Waals surface area contributed by atoms with E-state index in [0.29, 0.717) is 31.8 Å². The first kappa shape index (κ1) is 24.3. The largest absolute Gasteiger partial charge is 0.507 e. The maximum absolute atomic E-state index is 11.5. The highest BCUT2D eigenvalue weighted by Gasteiger charge is 2.24. The molecule has 0 aliphatic rings. The standard InChI is InChI=1S/C27H33N3O3/c1-4-25(33-27(28)32)30(17-19(2)3)18-21-13-14-22(24-12-8-9-15-29-24)23(26(21)31)16-20-10-6-5-7-11-20/h5-15,19,25,31H,4,16-18H2,1-3H3,(H2,28,32). The number of phenols is 1. The summed E-state index contributed by atoms with van der Waals surface area (Å²) in [4.78, 5) is 18.0. The number of primary amides is 1. The lowest BCUT2D eigenvalue weighted by Gasteiger charge is -2.32. The van der Waals surface area contributed by atoms with Gasteiger partial charge in [0.1, 0.15) is 5.75 Å². The van der Waals surface area contributed by atoms with Crippen molar-refractivity contribution in [1.82, 2.24) is 9.88 Å². The van der Waals surface area contributed by atoms with Gasteiger partial charge < -0.3 is 15.6 Å². The first-order valence-corrected chi connectivity index (χ1v) is 11.4. The van der Waals surface area contributed by atoms with Crippen LogP contribution < -0.4 is 5.73 Å². The van der Waals surface area contributed by atoms with Gasteiger partial charge in [-0.25, -0.2) is 4.79 Å². The molecule has 0 radical (unpaired) electrons. The van der Waals surface area contributed by atoms with Crippen LogP contribution in [-0.2, 0) is 17.7 Å². The predicted octanol–water partition coefficient (Wildman–Crippen LogP) is 5.33. The molecule has 3 rings (SSSR count). The van der Waals surface area contributed by atoms with Crippen LogP contribution >= 0.6 is 0 Å². The smallest absolute Gasteiger partial charge is 0.406 e. The van der Waals surface area contributed by atoms with Crippen LogP contribution in [0.4, 0.5) is 4.79 Å². The summed E-state index contributed by atoms with van der Waals surface area (Å²) in [6.07, 6.45) is 1.67. The monoisotopic (exact) mass is 447 g/mol. The maximum Gasteiger partial charge on any atom is 0.406 e. The van der Waals surface area contributed by atoms with Crippen molar-refractivity contribution < 1.29 is 14.6 Å². The third kappa shape index (κ3) is 6.56. The van der Waals surface area contributed by atoms with Crippen LogP contribution in [0.25, 0.3) is 11.3 Å². The lowest BCUT2D eigenvalue weighted by Crippen LogP contribution is -2.41. The molecule has 2 aromatic carbocycles. The summed E-state index contributed by atoms with van der Waals surface area (Å²) < 4.78 is 5.37. The van der Waals surface area contributed by atoms with Gasteiger partial charge in [0.25, 0.3) is 0 Å². The molecule has 1 amide bonds. The summed E-state index contributed by atoms with van der Waals surface area (Å²) in [5.74, 6) is 0.582. The molecule has 0 spiro atoms. The summed E-state index contributed by atoms with van der Waals surface area (Å²) in [6.45, 7) is 7.29. The number of rotatable bonds is 10. The van der Waals surface area contributed by atoms with Gasteiger partial charge in [0.05, 0.1) is 5.69 Å². The van der Waals surface area contributed by atoms with Crippen LogP contribution in [0, 0.1) is 5.92 Å². The van der Waals surface area contributed by atoms with Crippen molar-refractivity contribution in [3.05, 3.63) is 83.6 Å². The molecule has 0 saturated carbocycles. The molecular formula is C27H33N3O3. The van der Waals surface area contributed by atoms with Gasteiger partial charge >= 0.3 is 6.09 Å². The molecule has 1 atom stereocenters. The number of aromatic nitrogens is 1. The summed E-state index contributed by atoms with van der Waals surface area (Å²) in [5, 5.41) is 11.4. The average molecular weight is 448 g/mol. The molecule has 0 saturated heterocycles. The minimum absolute atomic E-state index is 0.240. The highest BCUT2D eigenvalue weighted by molar-refractivity contribution is 5.69. The van der Waals surface area contributed by atoms with Crippen LogP contribution in [0.3, 0.4) is 0 Å². The number of nitrogens with zero attached hydrogens (tertiary/aromatic N) is 2. The number of aromatic hydroxyl groups is 1. The number of nitrogens with two attached hydrogens (primary N) is 1. The molecule has 3 N–H and O–H groups in total. The van der Waals surface area contributed by atoms with Gasteiger partial charge in [0.2, 0.25) is 0 Å². The van der Waals surface area contributed by atoms with Gasteiger partial charge in [-0.3, -0.25) is 9.88 Å². The number of carbonyl (C=O) groups is 1. The van der Waals surface area contributed by atoms with E-state index in [9.17, 15) is 9.90 Å². The number of hydrogen-bond donors (Lipinski definition) is 2. The highest BCUT2D eigenvalue weighted by Crippen LogP contribution is 2.35. The summed E-state index contributed by atoms with van der Waals surface area (Å²) in [5.41, 5.74) is 9.72. The highest BCUT2D eigenvalue weighted by atomic mass is 16.6. The van der Waals surface area contributed by atoms with Crippen molar-refractivity contribution in [2.45, 2.75) is 46.4 Å². The predicted molar refractivity (Wildman–Crippen MR) is 131 cm³/mol. The van der Waals surface area contributed by atoms with Crippen molar-refractivity contribution in [2.75, 3.05) is 6.54 Å². The fourth-order valence-corrected chi connectivity index (χ4v) is 4.08. The van der Waals surface area contributed by atoms with Gasteiger partial charge in [-0.15, -0.1) is 0 Å². The van der Waals surface area contributed by atoms with Crippen molar-refractivity contribution >= 4 is 6.09 Å². The Morgan fingerprint density at radius 3 is 2.42 bits per heavy atom. The molecule has 0 bridgehead atoms. The Morgan fingerprint density at radius 1 is 1.09 bits per heavy atom. The van der Waals surface area contributed by atoms with Crippen LogP contribution in [0.5, 0.6) is 5.75 Å². The van der Waals surface area contributed by atoms with Crippen LogP contribution in [0.1, 0.15) is 43.9 Å². The number of amides is 1. The number of pyridine rings is 1. The Kier molecular flexibility index (Phi) is 8.44. The Morgan fingerprint density at radius 2 is 1.82 bits per heavy atom. The molecule has 0 fully saturated rings. The first-order chi connectivity index (χ1) is 15.9.